The van der Waals surface area contributed by atoms with Crippen LogP contribution in [0.25, 0.3) is 0 Å². The van der Waals surface area contributed by atoms with Crippen molar-refractivity contribution in [3.63, 3.8) is 0 Å². The fourth-order valence-electron chi connectivity index (χ4n) is 1.32. The molecule has 0 bridgehead atoms. The standard InChI is InChI=1S/C12H16BrNO2/c1-9(15)14(2)7-6-10-4-5-12(16-3)11(13)8-10/h4-5,8H,6-7H2,1-3H3. The first-order chi connectivity index (χ1) is 7.54. The predicted octanol–water partition coefficient (Wildman–Crippen LogP) is 2.48. The van der Waals surface area contributed by atoms with Gasteiger partial charge in [-0.05, 0) is 40.0 Å². The molecule has 0 aliphatic heterocycles. The molecule has 1 amide bonds. The molecule has 0 saturated heterocycles. The van der Waals surface area contributed by atoms with E-state index >= 15 is 0 Å². The minimum atomic E-state index is 0.0903. The third-order valence-electron chi connectivity index (χ3n) is 2.49. The molecule has 0 aliphatic rings. The third kappa shape index (κ3) is 3.52. The Bertz CT molecular complexity index is 379. The predicted molar refractivity (Wildman–Crippen MR) is 67.7 cm³/mol. The summed E-state index contributed by atoms with van der Waals surface area (Å²) < 4.78 is 6.09. The summed E-state index contributed by atoms with van der Waals surface area (Å²) in [7, 11) is 3.45. The van der Waals surface area contributed by atoms with E-state index in [1.54, 1.807) is 26.0 Å². The van der Waals surface area contributed by atoms with Crippen LogP contribution in [0.4, 0.5) is 0 Å². The van der Waals surface area contributed by atoms with Crippen LogP contribution in [0.2, 0.25) is 0 Å². The van der Waals surface area contributed by atoms with E-state index in [9.17, 15) is 4.79 Å². The number of hydrogen-bond acceptors (Lipinski definition) is 2. The van der Waals surface area contributed by atoms with Crippen LogP contribution >= 0.6 is 15.9 Å². The molecule has 0 aromatic heterocycles. The maximum Gasteiger partial charge on any atom is 0.219 e. The van der Waals surface area contributed by atoms with Gasteiger partial charge in [0.1, 0.15) is 5.75 Å². The number of ether oxygens (including phenoxy) is 1. The van der Waals surface area contributed by atoms with Gasteiger partial charge in [-0.2, -0.15) is 0 Å². The molecular weight excluding hydrogens is 270 g/mol. The van der Waals surface area contributed by atoms with Gasteiger partial charge in [0.25, 0.3) is 0 Å². The molecule has 0 unspecified atom stereocenters. The fraction of sp³-hybridized carbons (Fsp3) is 0.417. The first-order valence-corrected chi connectivity index (χ1v) is 5.88. The summed E-state index contributed by atoms with van der Waals surface area (Å²) in [4.78, 5) is 12.7. The SMILES string of the molecule is COc1ccc(CCN(C)C(C)=O)cc1Br. The third-order valence-corrected chi connectivity index (χ3v) is 3.11. The van der Waals surface area contributed by atoms with Crippen molar-refractivity contribution >= 4 is 21.8 Å². The molecule has 1 aromatic carbocycles. The highest BCUT2D eigenvalue weighted by Gasteiger charge is 2.04. The molecule has 0 aliphatic carbocycles. The molecule has 4 heteroatoms. The second-order valence-electron chi connectivity index (χ2n) is 3.66. The number of amides is 1. The lowest BCUT2D eigenvalue weighted by atomic mass is 10.1. The monoisotopic (exact) mass is 285 g/mol. The zero-order valence-corrected chi connectivity index (χ0v) is 11.4. The van der Waals surface area contributed by atoms with E-state index in [2.05, 4.69) is 15.9 Å². The largest absolute Gasteiger partial charge is 0.496 e. The van der Waals surface area contributed by atoms with Gasteiger partial charge in [-0.15, -0.1) is 0 Å². The van der Waals surface area contributed by atoms with E-state index in [1.165, 1.54) is 5.56 Å². The maximum absolute atomic E-state index is 11.0. The van der Waals surface area contributed by atoms with E-state index in [0.717, 1.165) is 23.2 Å². The quantitative estimate of drug-likeness (QED) is 0.851. The smallest absolute Gasteiger partial charge is 0.219 e. The van der Waals surface area contributed by atoms with Gasteiger partial charge >= 0.3 is 0 Å². The normalized spacial score (nSPS) is 10.0. The van der Waals surface area contributed by atoms with Gasteiger partial charge in [-0.25, -0.2) is 0 Å². The van der Waals surface area contributed by atoms with Gasteiger partial charge in [-0.1, -0.05) is 6.07 Å². The summed E-state index contributed by atoms with van der Waals surface area (Å²) in [6.45, 7) is 2.30. The summed E-state index contributed by atoms with van der Waals surface area (Å²) in [6, 6.07) is 5.96. The van der Waals surface area contributed by atoms with Gasteiger partial charge in [-0.3, -0.25) is 4.79 Å². The zero-order chi connectivity index (χ0) is 12.1. The van der Waals surface area contributed by atoms with Crippen LogP contribution < -0.4 is 4.74 Å². The molecule has 88 valence electrons. The Kier molecular flexibility index (Phi) is 4.80. The molecule has 0 saturated carbocycles. The first-order valence-electron chi connectivity index (χ1n) is 5.08. The van der Waals surface area contributed by atoms with Gasteiger partial charge in [0.05, 0.1) is 11.6 Å². The van der Waals surface area contributed by atoms with Crippen molar-refractivity contribution in [3.8, 4) is 5.75 Å². The van der Waals surface area contributed by atoms with Crippen molar-refractivity contribution in [1.82, 2.24) is 4.90 Å². The number of hydrogen-bond donors (Lipinski definition) is 0. The van der Waals surface area contributed by atoms with Gasteiger partial charge in [0, 0.05) is 20.5 Å². The van der Waals surface area contributed by atoms with Crippen LogP contribution in [0.5, 0.6) is 5.75 Å². The Morgan fingerprint density at radius 2 is 2.19 bits per heavy atom. The van der Waals surface area contributed by atoms with Crippen LogP contribution in [0.15, 0.2) is 22.7 Å². The molecule has 3 nitrogen and oxygen atoms in total. The van der Waals surface area contributed by atoms with Crippen LogP contribution in [-0.4, -0.2) is 31.5 Å². The minimum Gasteiger partial charge on any atom is -0.496 e. The molecule has 16 heavy (non-hydrogen) atoms. The number of rotatable bonds is 4. The van der Waals surface area contributed by atoms with Crippen molar-refractivity contribution in [2.75, 3.05) is 20.7 Å². The number of nitrogens with zero attached hydrogens (tertiary/aromatic N) is 1. The molecule has 1 aromatic rings. The van der Waals surface area contributed by atoms with E-state index in [4.69, 9.17) is 4.74 Å². The summed E-state index contributed by atoms with van der Waals surface area (Å²) in [5.74, 6) is 0.913. The van der Waals surface area contributed by atoms with Gasteiger partial charge in [0.2, 0.25) is 5.91 Å². The van der Waals surface area contributed by atoms with Crippen LogP contribution in [0.1, 0.15) is 12.5 Å². The number of carbonyl (C=O) groups is 1. The molecule has 0 fully saturated rings. The fourth-order valence-corrected chi connectivity index (χ4v) is 1.91. The zero-order valence-electron chi connectivity index (χ0n) is 9.79. The van der Waals surface area contributed by atoms with Crippen molar-refractivity contribution in [2.24, 2.45) is 0 Å². The molecule has 0 N–H and O–H groups in total. The number of carbonyl (C=O) groups excluding carboxylic acids is 1. The van der Waals surface area contributed by atoms with Crippen molar-refractivity contribution < 1.29 is 9.53 Å². The molecule has 0 radical (unpaired) electrons. The molecule has 0 heterocycles. The first kappa shape index (κ1) is 13.0. The summed E-state index contributed by atoms with van der Waals surface area (Å²) >= 11 is 3.44. The lowest BCUT2D eigenvalue weighted by Gasteiger charge is -2.14. The van der Waals surface area contributed by atoms with Crippen LogP contribution in [0.3, 0.4) is 0 Å². The number of benzene rings is 1. The van der Waals surface area contributed by atoms with Crippen LogP contribution in [-0.2, 0) is 11.2 Å². The van der Waals surface area contributed by atoms with E-state index in [1.807, 2.05) is 18.2 Å². The lowest BCUT2D eigenvalue weighted by molar-refractivity contribution is -0.127. The number of methoxy groups -OCH3 is 1. The molecule has 0 atom stereocenters. The highest BCUT2D eigenvalue weighted by atomic mass is 79.9. The Balaban J connectivity index is 2.62. The highest BCUT2D eigenvalue weighted by molar-refractivity contribution is 9.10. The van der Waals surface area contributed by atoms with Crippen molar-refractivity contribution in [3.05, 3.63) is 28.2 Å². The lowest BCUT2D eigenvalue weighted by Crippen LogP contribution is -2.26. The van der Waals surface area contributed by atoms with E-state index in [-0.39, 0.29) is 5.91 Å². The number of likely N-dealkylation sites (N-methyl/N-ethyl adjacent to an activating group) is 1. The Morgan fingerprint density at radius 1 is 1.50 bits per heavy atom. The van der Waals surface area contributed by atoms with Crippen molar-refractivity contribution in [1.29, 1.82) is 0 Å². The average Bonchev–Trinajstić information content (AvgIpc) is 2.25. The Labute approximate surface area is 105 Å². The van der Waals surface area contributed by atoms with E-state index < -0.39 is 0 Å². The molecule has 1 rings (SSSR count). The summed E-state index contributed by atoms with van der Waals surface area (Å²) in [5, 5.41) is 0. The van der Waals surface area contributed by atoms with Gasteiger partial charge in [0.15, 0.2) is 0 Å². The Hall–Kier alpha value is -1.03. The minimum absolute atomic E-state index is 0.0903. The second-order valence-corrected chi connectivity index (χ2v) is 4.51. The second kappa shape index (κ2) is 5.89. The summed E-state index contributed by atoms with van der Waals surface area (Å²) in [6.07, 6.45) is 0.846. The van der Waals surface area contributed by atoms with Crippen molar-refractivity contribution in [2.45, 2.75) is 13.3 Å². The number of halogens is 1. The van der Waals surface area contributed by atoms with E-state index in [0.29, 0.717) is 0 Å². The van der Waals surface area contributed by atoms with Crippen LogP contribution in [0, 0.1) is 0 Å². The van der Waals surface area contributed by atoms with Gasteiger partial charge < -0.3 is 9.64 Å². The topological polar surface area (TPSA) is 29.5 Å². The highest BCUT2D eigenvalue weighted by Crippen LogP contribution is 2.25. The Morgan fingerprint density at radius 3 is 2.69 bits per heavy atom. The summed E-state index contributed by atoms with van der Waals surface area (Å²) in [5.41, 5.74) is 1.18. The maximum atomic E-state index is 11.0. The average molecular weight is 286 g/mol. The molecule has 0 spiro atoms. The molecular formula is C12H16BrNO2.